The second kappa shape index (κ2) is 14.5. The number of guanidine groups is 1. The van der Waals surface area contributed by atoms with Crippen LogP contribution in [0, 0.1) is 11.8 Å². The highest BCUT2D eigenvalue weighted by molar-refractivity contribution is 14.0. The summed E-state index contributed by atoms with van der Waals surface area (Å²) in [5.41, 5.74) is 0. The van der Waals surface area contributed by atoms with Crippen LogP contribution in [0.3, 0.4) is 0 Å². The molecule has 1 atom stereocenters. The lowest BCUT2D eigenvalue weighted by molar-refractivity contribution is 0.0888. The third-order valence-electron chi connectivity index (χ3n) is 4.07. The zero-order valence-electron chi connectivity index (χ0n) is 14.4. The minimum Gasteiger partial charge on any atom is -0.381 e. The Kier molecular flexibility index (Phi) is 14.5. The summed E-state index contributed by atoms with van der Waals surface area (Å²) in [7, 11) is 1.82. The fourth-order valence-electron chi connectivity index (χ4n) is 2.38. The Bertz CT molecular complexity index is 281. The van der Waals surface area contributed by atoms with E-state index >= 15 is 0 Å². The van der Waals surface area contributed by atoms with Crippen LogP contribution in [0.15, 0.2) is 4.99 Å². The molecule has 0 saturated carbocycles. The van der Waals surface area contributed by atoms with E-state index < -0.39 is 0 Å². The number of nitrogens with one attached hydrogen (secondary N) is 2. The molecular weight excluding hydrogens is 393 g/mol. The maximum atomic E-state index is 5.69. The van der Waals surface area contributed by atoms with Crippen molar-refractivity contribution >= 4 is 29.9 Å². The van der Waals surface area contributed by atoms with Crippen molar-refractivity contribution in [2.24, 2.45) is 16.8 Å². The quantitative estimate of drug-likeness (QED) is 0.244. The molecule has 1 saturated heterocycles. The minimum atomic E-state index is 0. The van der Waals surface area contributed by atoms with Gasteiger partial charge in [-0.05, 0) is 18.8 Å². The molecule has 1 rings (SSSR count). The van der Waals surface area contributed by atoms with Crippen molar-refractivity contribution < 1.29 is 9.47 Å². The van der Waals surface area contributed by atoms with Gasteiger partial charge >= 0.3 is 0 Å². The van der Waals surface area contributed by atoms with E-state index in [1.54, 1.807) is 0 Å². The number of halogens is 1. The SMILES string of the molecule is CCC(CC)CNC(=NC)NCCCOCC1CCOC1.I. The Hall–Kier alpha value is -0.0800. The number of hydrogen-bond donors (Lipinski definition) is 2. The molecule has 0 radical (unpaired) electrons. The molecule has 1 heterocycles. The molecular formula is C16H34IN3O2. The monoisotopic (exact) mass is 427 g/mol. The second-order valence-electron chi connectivity index (χ2n) is 5.72. The summed E-state index contributed by atoms with van der Waals surface area (Å²) in [5.74, 6) is 2.22. The summed E-state index contributed by atoms with van der Waals surface area (Å²) in [6, 6.07) is 0. The Morgan fingerprint density at radius 1 is 1.32 bits per heavy atom. The van der Waals surface area contributed by atoms with E-state index in [-0.39, 0.29) is 24.0 Å². The number of aliphatic imine (C=N–C) groups is 1. The van der Waals surface area contributed by atoms with E-state index in [1.165, 1.54) is 12.8 Å². The van der Waals surface area contributed by atoms with E-state index in [4.69, 9.17) is 9.47 Å². The molecule has 132 valence electrons. The van der Waals surface area contributed by atoms with Crippen molar-refractivity contribution in [2.75, 3.05) is 46.6 Å². The van der Waals surface area contributed by atoms with Gasteiger partial charge in [-0.25, -0.2) is 0 Å². The lowest BCUT2D eigenvalue weighted by Crippen LogP contribution is -2.40. The molecule has 5 nitrogen and oxygen atoms in total. The third-order valence-corrected chi connectivity index (χ3v) is 4.07. The van der Waals surface area contributed by atoms with Gasteiger partial charge in [0.15, 0.2) is 5.96 Å². The summed E-state index contributed by atoms with van der Waals surface area (Å²) >= 11 is 0. The topological polar surface area (TPSA) is 54.9 Å². The smallest absolute Gasteiger partial charge is 0.190 e. The van der Waals surface area contributed by atoms with Crippen LogP contribution >= 0.6 is 24.0 Å². The molecule has 2 N–H and O–H groups in total. The molecule has 22 heavy (non-hydrogen) atoms. The molecule has 0 aromatic heterocycles. The first-order chi connectivity index (χ1) is 10.3. The van der Waals surface area contributed by atoms with E-state index in [9.17, 15) is 0 Å². The summed E-state index contributed by atoms with van der Waals surface area (Å²) < 4.78 is 11.0. The van der Waals surface area contributed by atoms with Crippen molar-refractivity contribution in [1.82, 2.24) is 10.6 Å². The lowest BCUT2D eigenvalue weighted by Gasteiger charge is -2.16. The average Bonchev–Trinajstić information content (AvgIpc) is 3.02. The Labute approximate surface area is 153 Å². The Morgan fingerprint density at radius 2 is 2.09 bits per heavy atom. The van der Waals surface area contributed by atoms with Gasteiger partial charge in [-0.2, -0.15) is 0 Å². The Balaban J connectivity index is 0.00000441. The number of nitrogens with zero attached hydrogens (tertiary/aromatic N) is 1. The number of hydrogen-bond acceptors (Lipinski definition) is 3. The van der Waals surface area contributed by atoms with Gasteiger partial charge in [-0.15, -0.1) is 24.0 Å². The van der Waals surface area contributed by atoms with Gasteiger partial charge in [0.25, 0.3) is 0 Å². The summed E-state index contributed by atoms with van der Waals surface area (Å²) in [4.78, 5) is 4.25. The second-order valence-corrected chi connectivity index (χ2v) is 5.72. The van der Waals surface area contributed by atoms with Crippen LogP contribution in [0.4, 0.5) is 0 Å². The van der Waals surface area contributed by atoms with Crippen LogP contribution in [0.2, 0.25) is 0 Å². The molecule has 0 aliphatic carbocycles. The van der Waals surface area contributed by atoms with Gasteiger partial charge < -0.3 is 20.1 Å². The van der Waals surface area contributed by atoms with Crippen molar-refractivity contribution in [1.29, 1.82) is 0 Å². The fourth-order valence-corrected chi connectivity index (χ4v) is 2.38. The Morgan fingerprint density at radius 3 is 2.68 bits per heavy atom. The first kappa shape index (κ1) is 21.9. The predicted octanol–water partition coefficient (Wildman–Crippen LogP) is 2.65. The maximum absolute atomic E-state index is 5.69. The molecule has 0 spiro atoms. The van der Waals surface area contributed by atoms with Crippen LogP contribution in [0.25, 0.3) is 0 Å². The van der Waals surface area contributed by atoms with E-state index in [2.05, 4.69) is 29.5 Å². The molecule has 1 fully saturated rings. The van der Waals surface area contributed by atoms with E-state index in [0.717, 1.165) is 64.2 Å². The van der Waals surface area contributed by atoms with Gasteiger partial charge in [0.05, 0.1) is 13.2 Å². The largest absolute Gasteiger partial charge is 0.381 e. The maximum Gasteiger partial charge on any atom is 0.190 e. The minimum absolute atomic E-state index is 0. The first-order valence-electron chi connectivity index (χ1n) is 8.40. The van der Waals surface area contributed by atoms with Crippen LogP contribution < -0.4 is 10.6 Å². The van der Waals surface area contributed by atoms with E-state index in [1.807, 2.05) is 7.05 Å². The highest BCUT2D eigenvalue weighted by Gasteiger charge is 2.15. The summed E-state index contributed by atoms with van der Waals surface area (Å²) in [6.07, 6.45) is 4.56. The normalized spacial score (nSPS) is 18.4. The molecule has 0 bridgehead atoms. The molecule has 0 aromatic carbocycles. The lowest BCUT2D eigenvalue weighted by atomic mass is 10.0. The fraction of sp³-hybridized carbons (Fsp3) is 0.938. The third kappa shape index (κ3) is 9.84. The van der Waals surface area contributed by atoms with Crippen LogP contribution in [0.5, 0.6) is 0 Å². The first-order valence-corrected chi connectivity index (χ1v) is 8.40. The number of ether oxygens (including phenoxy) is 2. The van der Waals surface area contributed by atoms with Crippen molar-refractivity contribution in [2.45, 2.75) is 39.5 Å². The van der Waals surface area contributed by atoms with Crippen molar-refractivity contribution in [3.8, 4) is 0 Å². The van der Waals surface area contributed by atoms with Gasteiger partial charge in [-0.3, -0.25) is 4.99 Å². The number of rotatable bonds is 10. The highest BCUT2D eigenvalue weighted by atomic mass is 127. The molecule has 1 aliphatic rings. The predicted molar refractivity (Wildman–Crippen MR) is 103 cm³/mol. The summed E-state index contributed by atoms with van der Waals surface area (Å²) in [6.45, 7) is 9.75. The van der Waals surface area contributed by atoms with Crippen molar-refractivity contribution in [3.05, 3.63) is 0 Å². The molecule has 6 heteroatoms. The van der Waals surface area contributed by atoms with Gasteiger partial charge in [0, 0.05) is 39.3 Å². The van der Waals surface area contributed by atoms with Crippen LogP contribution in [-0.2, 0) is 9.47 Å². The highest BCUT2D eigenvalue weighted by Crippen LogP contribution is 2.12. The molecule has 0 amide bonds. The van der Waals surface area contributed by atoms with Crippen LogP contribution in [-0.4, -0.2) is 52.5 Å². The molecule has 1 aliphatic heterocycles. The zero-order chi connectivity index (χ0) is 15.3. The summed E-state index contributed by atoms with van der Waals surface area (Å²) in [5, 5.41) is 6.72. The average molecular weight is 427 g/mol. The molecule has 1 unspecified atom stereocenters. The molecule has 0 aromatic rings. The van der Waals surface area contributed by atoms with Crippen LogP contribution in [0.1, 0.15) is 39.5 Å². The van der Waals surface area contributed by atoms with E-state index in [0.29, 0.717) is 5.92 Å². The van der Waals surface area contributed by atoms with Gasteiger partial charge in [-0.1, -0.05) is 26.7 Å². The van der Waals surface area contributed by atoms with Gasteiger partial charge in [0.2, 0.25) is 0 Å². The standard InChI is InChI=1S/C16H33N3O2.HI/c1-4-14(5-2)11-19-16(17-3)18-8-6-9-20-12-15-7-10-21-13-15;/h14-15H,4-13H2,1-3H3,(H2,17,18,19);1H. The zero-order valence-corrected chi connectivity index (χ0v) is 16.7. The van der Waals surface area contributed by atoms with Crippen molar-refractivity contribution in [3.63, 3.8) is 0 Å². The van der Waals surface area contributed by atoms with Gasteiger partial charge in [0.1, 0.15) is 0 Å².